The molecule has 1 rings (SSSR count). The fourth-order valence-electron chi connectivity index (χ4n) is 1.72. The topological polar surface area (TPSA) is 37.4 Å². The molecule has 16 heavy (non-hydrogen) atoms. The Morgan fingerprint density at radius 1 is 1.19 bits per heavy atom. The molecule has 90 valence electrons. The van der Waals surface area contributed by atoms with Crippen molar-refractivity contribution in [3.05, 3.63) is 35.4 Å². The van der Waals surface area contributed by atoms with E-state index in [4.69, 9.17) is 0 Å². The Balaban J connectivity index is 2.88. The Morgan fingerprint density at radius 3 is 2.31 bits per heavy atom. The fourth-order valence-corrected chi connectivity index (χ4v) is 3.29. The van der Waals surface area contributed by atoms with Crippen LogP contribution in [0.2, 0.25) is 0 Å². The Morgan fingerprint density at radius 2 is 1.81 bits per heavy atom. The predicted octanol–water partition coefficient (Wildman–Crippen LogP) is 2.17. The van der Waals surface area contributed by atoms with Gasteiger partial charge in [-0.3, -0.25) is 0 Å². The number of rotatable bonds is 5. The van der Waals surface area contributed by atoms with Gasteiger partial charge < -0.3 is 0 Å². The molecule has 0 bridgehead atoms. The molecule has 0 saturated carbocycles. The lowest BCUT2D eigenvalue weighted by Crippen LogP contribution is -2.31. The molecule has 3 nitrogen and oxygen atoms in total. The van der Waals surface area contributed by atoms with Gasteiger partial charge in [-0.25, -0.2) is 12.7 Å². The molecule has 0 unspecified atom stereocenters. The van der Waals surface area contributed by atoms with E-state index >= 15 is 0 Å². The molecule has 0 amide bonds. The normalized spacial score (nSPS) is 12.0. The Kier molecular flexibility index (Phi) is 4.50. The average molecular weight is 241 g/mol. The van der Waals surface area contributed by atoms with Crippen molar-refractivity contribution in [3.63, 3.8) is 0 Å². The van der Waals surface area contributed by atoms with E-state index in [1.165, 1.54) is 4.31 Å². The highest BCUT2D eigenvalue weighted by atomic mass is 32.2. The minimum absolute atomic E-state index is 0.0936. The van der Waals surface area contributed by atoms with Crippen LogP contribution < -0.4 is 0 Å². The third kappa shape index (κ3) is 3.32. The Bertz CT molecular complexity index is 436. The maximum Gasteiger partial charge on any atom is 0.218 e. The SMILES string of the molecule is CCN(CC)S(=O)(=O)Cc1cccc(C)c1. The van der Waals surface area contributed by atoms with Gasteiger partial charge in [-0.15, -0.1) is 0 Å². The molecule has 0 saturated heterocycles. The van der Waals surface area contributed by atoms with E-state index in [-0.39, 0.29) is 5.75 Å². The standard InChI is InChI=1S/C12H19NO2S/c1-4-13(5-2)16(14,15)10-12-8-6-7-11(3)9-12/h6-9H,4-5,10H2,1-3H3. The van der Waals surface area contributed by atoms with Crippen LogP contribution in [0.25, 0.3) is 0 Å². The monoisotopic (exact) mass is 241 g/mol. The van der Waals surface area contributed by atoms with Crippen LogP contribution in [-0.4, -0.2) is 25.8 Å². The van der Waals surface area contributed by atoms with Crippen molar-refractivity contribution >= 4 is 10.0 Å². The molecule has 1 aromatic rings. The van der Waals surface area contributed by atoms with Crippen LogP contribution in [0, 0.1) is 6.92 Å². The van der Waals surface area contributed by atoms with Gasteiger partial charge in [0.2, 0.25) is 10.0 Å². The van der Waals surface area contributed by atoms with Gasteiger partial charge in [0.25, 0.3) is 0 Å². The molecule has 4 heteroatoms. The van der Waals surface area contributed by atoms with Crippen LogP contribution in [0.15, 0.2) is 24.3 Å². The van der Waals surface area contributed by atoms with Gasteiger partial charge in [0.1, 0.15) is 0 Å². The summed E-state index contributed by atoms with van der Waals surface area (Å²) in [5.74, 6) is 0.0936. The summed E-state index contributed by atoms with van der Waals surface area (Å²) in [6.45, 7) is 6.75. The van der Waals surface area contributed by atoms with Gasteiger partial charge in [0, 0.05) is 13.1 Å². The lowest BCUT2D eigenvalue weighted by atomic mass is 10.2. The third-order valence-electron chi connectivity index (χ3n) is 2.53. The minimum atomic E-state index is -3.16. The summed E-state index contributed by atoms with van der Waals surface area (Å²) < 4.78 is 25.5. The molecular formula is C12H19NO2S. The number of sulfonamides is 1. The molecule has 0 heterocycles. The van der Waals surface area contributed by atoms with E-state index in [1.807, 2.05) is 45.0 Å². The van der Waals surface area contributed by atoms with E-state index in [1.54, 1.807) is 0 Å². The molecule has 0 aromatic heterocycles. The number of aryl methyl sites for hydroxylation is 1. The first-order chi connectivity index (χ1) is 7.49. The van der Waals surface area contributed by atoms with Crippen molar-refractivity contribution in [2.45, 2.75) is 26.5 Å². The highest BCUT2D eigenvalue weighted by Crippen LogP contribution is 2.11. The van der Waals surface area contributed by atoms with Crippen LogP contribution in [0.4, 0.5) is 0 Å². The molecule has 0 fully saturated rings. The maximum absolute atomic E-state index is 12.0. The van der Waals surface area contributed by atoms with Gasteiger partial charge in [0.05, 0.1) is 5.75 Å². The largest absolute Gasteiger partial charge is 0.218 e. The quantitative estimate of drug-likeness (QED) is 0.792. The van der Waals surface area contributed by atoms with Gasteiger partial charge in [-0.05, 0) is 12.5 Å². The summed E-state index contributed by atoms with van der Waals surface area (Å²) in [5, 5.41) is 0. The highest BCUT2D eigenvalue weighted by Gasteiger charge is 2.18. The first-order valence-electron chi connectivity index (χ1n) is 5.53. The van der Waals surface area contributed by atoms with Gasteiger partial charge >= 0.3 is 0 Å². The van der Waals surface area contributed by atoms with Gasteiger partial charge in [-0.1, -0.05) is 43.7 Å². The Hall–Kier alpha value is -0.870. The molecule has 0 aliphatic carbocycles. The highest BCUT2D eigenvalue weighted by molar-refractivity contribution is 7.88. The molecule has 0 aliphatic rings. The van der Waals surface area contributed by atoms with Crippen LogP contribution in [-0.2, 0) is 15.8 Å². The van der Waals surface area contributed by atoms with Crippen LogP contribution in [0.3, 0.4) is 0 Å². The summed E-state index contributed by atoms with van der Waals surface area (Å²) in [4.78, 5) is 0. The molecule has 0 atom stereocenters. The average Bonchev–Trinajstić information content (AvgIpc) is 2.18. The van der Waals surface area contributed by atoms with Gasteiger partial charge in [0.15, 0.2) is 0 Å². The van der Waals surface area contributed by atoms with E-state index in [9.17, 15) is 8.42 Å². The molecular weight excluding hydrogens is 222 g/mol. The second kappa shape index (κ2) is 5.46. The van der Waals surface area contributed by atoms with Gasteiger partial charge in [-0.2, -0.15) is 0 Å². The fraction of sp³-hybridized carbons (Fsp3) is 0.500. The number of benzene rings is 1. The van der Waals surface area contributed by atoms with E-state index in [2.05, 4.69) is 0 Å². The summed E-state index contributed by atoms with van der Waals surface area (Å²) in [6.07, 6.45) is 0. The predicted molar refractivity (Wildman–Crippen MR) is 66.7 cm³/mol. The smallest absolute Gasteiger partial charge is 0.212 e. The van der Waals surface area contributed by atoms with E-state index < -0.39 is 10.0 Å². The van der Waals surface area contributed by atoms with Crippen LogP contribution >= 0.6 is 0 Å². The van der Waals surface area contributed by atoms with Crippen molar-refractivity contribution in [1.82, 2.24) is 4.31 Å². The first-order valence-corrected chi connectivity index (χ1v) is 7.14. The van der Waals surface area contributed by atoms with Crippen molar-refractivity contribution in [2.24, 2.45) is 0 Å². The lowest BCUT2D eigenvalue weighted by Gasteiger charge is -2.18. The van der Waals surface area contributed by atoms with Crippen molar-refractivity contribution in [1.29, 1.82) is 0 Å². The molecule has 1 aromatic carbocycles. The number of nitrogens with zero attached hydrogens (tertiary/aromatic N) is 1. The maximum atomic E-state index is 12.0. The van der Waals surface area contributed by atoms with Crippen molar-refractivity contribution < 1.29 is 8.42 Å². The molecule has 0 spiro atoms. The first kappa shape index (κ1) is 13.2. The molecule has 0 N–H and O–H groups in total. The van der Waals surface area contributed by atoms with Crippen molar-refractivity contribution in [2.75, 3.05) is 13.1 Å². The van der Waals surface area contributed by atoms with E-state index in [0.717, 1.165) is 11.1 Å². The van der Waals surface area contributed by atoms with Crippen LogP contribution in [0.1, 0.15) is 25.0 Å². The van der Waals surface area contributed by atoms with E-state index in [0.29, 0.717) is 13.1 Å². The van der Waals surface area contributed by atoms with Crippen LogP contribution in [0.5, 0.6) is 0 Å². The zero-order valence-corrected chi connectivity index (χ0v) is 10.9. The number of hydrogen-bond acceptors (Lipinski definition) is 2. The Labute approximate surface area is 98.1 Å². The minimum Gasteiger partial charge on any atom is -0.212 e. The lowest BCUT2D eigenvalue weighted by molar-refractivity contribution is 0.444. The third-order valence-corrected chi connectivity index (χ3v) is 4.53. The number of hydrogen-bond donors (Lipinski definition) is 0. The summed E-state index contributed by atoms with van der Waals surface area (Å²) in [6, 6.07) is 7.63. The summed E-state index contributed by atoms with van der Waals surface area (Å²) in [5.41, 5.74) is 1.94. The summed E-state index contributed by atoms with van der Waals surface area (Å²) >= 11 is 0. The molecule has 0 radical (unpaired) electrons. The second-order valence-electron chi connectivity index (χ2n) is 3.83. The van der Waals surface area contributed by atoms with Crippen molar-refractivity contribution in [3.8, 4) is 0 Å². The molecule has 0 aliphatic heterocycles. The zero-order valence-electron chi connectivity index (χ0n) is 10.1. The summed E-state index contributed by atoms with van der Waals surface area (Å²) in [7, 11) is -3.16. The second-order valence-corrected chi connectivity index (χ2v) is 5.80. The zero-order chi connectivity index (χ0) is 12.2.